The maximum absolute atomic E-state index is 7.00. The van der Waals surface area contributed by atoms with Gasteiger partial charge in [-0.2, -0.15) is 0 Å². The molecule has 0 spiro atoms. The molecule has 0 saturated heterocycles. The normalized spacial score (nSPS) is 8.92. The highest BCUT2D eigenvalue weighted by Gasteiger charge is 1.98. The molecule has 60 valence electrons. The first kappa shape index (κ1) is 8.56. The zero-order chi connectivity index (χ0) is 8.97. The maximum atomic E-state index is 7.00. The molecule has 3 N–H and O–H groups in total. The number of pyridine rings is 1. The third-order valence-electron chi connectivity index (χ3n) is 1.06. The van der Waals surface area contributed by atoms with Crippen molar-refractivity contribution in [3.63, 3.8) is 0 Å². The predicted molar refractivity (Wildman–Crippen MR) is 48.3 cm³/mol. The lowest BCUT2D eigenvalue weighted by molar-refractivity contribution is 1.29. The Hall–Kier alpha value is -1.54. The standard InChI is InChI=1S/C7H6N4S/c1-10-6-4-5(2-3-11-6)12-7(8)9/h2-4H,(H3,8,9). The van der Waals surface area contributed by atoms with Gasteiger partial charge in [0, 0.05) is 4.90 Å². The summed E-state index contributed by atoms with van der Waals surface area (Å²) in [5, 5.41) is 7.01. The molecule has 0 aromatic carbocycles. The number of thioether (sulfide) groups is 1. The van der Waals surface area contributed by atoms with Crippen LogP contribution >= 0.6 is 11.8 Å². The van der Waals surface area contributed by atoms with Crippen LogP contribution in [0.25, 0.3) is 4.85 Å². The van der Waals surface area contributed by atoms with E-state index >= 15 is 0 Å². The van der Waals surface area contributed by atoms with Gasteiger partial charge in [0.2, 0.25) is 0 Å². The topological polar surface area (TPSA) is 67.1 Å². The van der Waals surface area contributed by atoms with E-state index in [9.17, 15) is 0 Å². The second-order valence-corrected chi connectivity index (χ2v) is 3.04. The van der Waals surface area contributed by atoms with E-state index in [0.717, 1.165) is 16.7 Å². The lowest BCUT2D eigenvalue weighted by atomic mass is 10.5. The van der Waals surface area contributed by atoms with Crippen molar-refractivity contribution in [3.05, 3.63) is 29.7 Å². The summed E-state index contributed by atoms with van der Waals surface area (Å²) < 4.78 is 0. The fraction of sp³-hybridized carbons (Fsp3) is 0. The summed E-state index contributed by atoms with van der Waals surface area (Å²) in [6, 6.07) is 3.31. The van der Waals surface area contributed by atoms with Crippen molar-refractivity contribution in [1.29, 1.82) is 5.41 Å². The summed E-state index contributed by atoms with van der Waals surface area (Å²) >= 11 is 1.11. The Morgan fingerprint density at radius 3 is 3.08 bits per heavy atom. The molecule has 0 amide bonds. The summed E-state index contributed by atoms with van der Waals surface area (Å²) in [5.41, 5.74) is 5.16. The Labute approximate surface area is 74.1 Å². The average molecular weight is 178 g/mol. The fourth-order valence-electron chi connectivity index (χ4n) is 0.651. The van der Waals surface area contributed by atoms with Crippen molar-refractivity contribution >= 4 is 22.7 Å². The van der Waals surface area contributed by atoms with Crippen LogP contribution in [0.5, 0.6) is 0 Å². The van der Waals surface area contributed by atoms with Gasteiger partial charge in [0.25, 0.3) is 5.82 Å². The van der Waals surface area contributed by atoms with E-state index in [0.29, 0.717) is 5.82 Å². The Balaban J connectivity index is 2.88. The van der Waals surface area contributed by atoms with E-state index in [1.54, 1.807) is 12.1 Å². The minimum Gasteiger partial charge on any atom is -0.378 e. The first-order valence-electron chi connectivity index (χ1n) is 3.08. The number of nitrogens with one attached hydrogen (secondary N) is 1. The molecular weight excluding hydrogens is 172 g/mol. The lowest BCUT2D eigenvalue weighted by Gasteiger charge is -1.96. The molecule has 0 aliphatic rings. The van der Waals surface area contributed by atoms with Gasteiger partial charge in [-0.3, -0.25) is 5.41 Å². The highest BCUT2D eigenvalue weighted by Crippen LogP contribution is 2.20. The monoisotopic (exact) mass is 178 g/mol. The van der Waals surface area contributed by atoms with Gasteiger partial charge in [0.05, 0.1) is 0 Å². The molecule has 1 rings (SSSR count). The Bertz CT molecular complexity index is 342. The van der Waals surface area contributed by atoms with Crippen molar-refractivity contribution in [1.82, 2.24) is 4.98 Å². The van der Waals surface area contributed by atoms with Gasteiger partial charge < -0.3 is 10.6 Å². The van der Waals surface area contributed by atoms with Gasteiger partial charge in [-0.15, -0.1) is 4.98 Å². The summed E-state index contributed by atoms with van der Waals surface area (Å²) in [4.78, 5) is 7.71. The molecule has 1 aromatic rings. The maximum Gasteiger partial charge on any atom is 0.270 e. The number of hydrogen-bond acceptors (Lipinski definition) is 3. The second kappa shape index (κ2) is 3.74. The van der Waals surface area contributed by atoms with Gasteiger partial charge in [-0.25, -0.2) is 0 Å². The Kier molecular flexibility index (Phi) is 2.66. The largest absolute Gasteiger partial charge is 0.378 e. The Morgan fingerprint density at radius 2 is 2.50 bits per heavy atom. The van der Waals surface area contributed by atoms with E-state index in [-0.39, 0.29) is 5.17 Å². The summed E-state index contributed by atoms with van der Waals surface area (Å²) in [5.74, 6) is 0.321. The van der Waals surface area contributed by atoms with Crippen LogP contribution in [-0.2, 0) is 0 Å². The van der Waals surface area contributed by atoms with Crippen LogP contribution in [0.2, 0.25) is 0 Å². The molecule has 0 saturated carbocycles. The van der Waals surface area contributed by atoms with Crippen LogP contribution in [0.1, 0.15) is 0 Å². The number of nitrogens with zero attached hydrogens (tertiary/aromatic N) is 2. The van der Waals surface area contributed by atoms with E-state index < -0.39 is 0 Å². The van der Waals surface area contributed by atoms with Gasteiger partial charge in [-0.05, 0) is 12.1 Å². The van der Waals surface area contributed by atoms with Crippen LogP contribution in [-0.4, -0.2) is 10.2 Å². The molecule has 0 aliphatic carbocycles. The van der Waals surface area contributed by atoms with E-state index in [4.69, 9.17) is 17.7 Å². The molecule has 1 heterocycles. The van der Waals surface area contributed by atoms with Crippen molar-refractivity contribution in [2.45, 2.75) is 4.90 Å². The van der Waals surface area contributed by atoms with Crippen molar-refractivity contribution in [2.24, 2.45) is 5.73 Å². The van der Waals surface area contributed by atoms with Crippen LogP contribution in [0, 0.1) is 12.0 Å². The summed E-state index contributed by atoms with van der Waals surface area (Å²) in [7, 11) is 0. The highest BCUT2D eigenvalue weighted by atomic mass is 32.2. The van der Waals surface area contributed by atoms with Crippen LogP contribution in [0.4, 0.5) is 5.82 Å². The summed E-state index contributed by atoms with van der Waals surface area (Å²) in [6.07, 6.45) is 1.53. The predicted octanol–water partition coefficient (Wildman–Crippen LogP) is 1.62. The minimum absolute atomic E-state index is 0.0112. The SMILES string of the molecule is [C-]#[N+]c1cc(SC(=N)N)ccn1. The highest BCUT2D eigenvalue weighted by molar-refractivity contribution is 8.13. The van der Waals surface area contributed by atoms with Crippen LogP contribution in [0.3, 0.4) is 0 Å². The smallest absolute Gasteiger partial charge is 0.270 e. The number of nitrogens with two attached hydrogens (primary N) is 1. The molecule has 0 fully saturated rings. The molecule has 0 atom stereocenters. The number of aromatic nitrogens is 1. The molecule has 5 heteroatoms. The van der Waals surface area contributed by atoms with Crippen molar-refractivity contribution in [2.75, 3.05) is 0 Å². The Morgan fingerprint density at radius 1 is 1.75 bits per heavy atom. The molecule has 4 nitrogen and oxygen atoms in total. The zero-order valence-electron chi connectivity index (χ0n) is 6.11. The number of hydrogen-bond donors (Lipinski definition) is 2. The summed E-state index contributed by atoms with van der Waals surface area (Å²) in [6.45, 7) is 6.69. The minimum atomic E-state index is 0.0112. The molecular formula is C7H6N4S. The third-order valence-corrected chi connectivity index (χ3v) is 1.77. The average Bonchev–Trinajstić information content (AvgIpc) is 2.03. The van der Waals surface area contributed by atoms with E-state index in [1.807, 2.05) is 0 Å². The van der Waals surface area contributed by atoms with Crippen LogP contribution < -0.4 is 5.73 Å². The van der Waals surface area contributed by atoms with Gasteiger partial charge in [0.1, 0.15) is 6.20 Å². The van der Waals surface area contributed by atoms with Gasteiger partial charge in [-0.1, -0.05) is 18.3 Å². The van der Waals surface area contributed by atoms with Crippen LogP contribution in [0.15, 0.2) is 23.2 Å². The molecule has 0 unspecified atom stereocenters. The van der Waals surface area contributed by atoms with Gasteiger partial charge >= 0.3 is 0 Å². The molecule has 0 bridgehead atoms. The molecule has 0 radical (unpaired) electrons. The molecule has 12 heavy (non-hydrogen) atoms. The zero-order valence-corrected chi connectivity index (χ0v) is 6.93. The van der Waals surface area contributed by atoms with Gasteiger partial charge in [0.15, 0.2) is 5.17 Å². The molecule has 1 aromatic heterocycles. The second-order valence-electron chi connectivity index (χ2n) is 1.93. The fourth-order valence-corrected chi connectivity index (χ4v) is 1.20. The number of amidine groups is 1. The number of rotatable bonds is 1. The first-order valence-corrected chi connectivity index (χ1v) is 3.89. The van der Waals surface area contributed by atoms with Crippen molar-refractivity contribution < 1.29 is 0 Å². The van der Waals surface area contributed by atoms with E-state index in [1.165, 1.54) is 6.20 Å². The third kappa shape index (κ3) is 2.25. The van der Waals surface area contributed by atoms with Crippen molar-refractivity contribution in [3.8, 4) is 0 Å². The van der Waals surface area contributed by atoms with E-state index in [2.05, 4.69) is 9.83 Å². The lowest BCUT2D eigenvalue weighted by Crippen LogP contribution is -2.02. The first-order chi connectivity index (χ1) is 5.72. The molecule has 0 aliphatic heterocycles. The quantitative estimate of drug-likeness (QED) is 0.297.